The molecule has 8 nitrogen and oxygen atoms in total. The Morgan fingerprint density at radius 3 is 2.50 bits per heavy atom. The van der Waals surface area contributed by atoms with E-state index < -0.39 is 23.4 Å². The van der Waals surface area contributed by atoms with E-state index >= 15 is 0 Å². The first kappa shape index (κ1) is 25.9. The third kappa shape index (κ3) is 5.35. The predicted octanol–water partition coefficient (Wildman–Crippen LogP) is 3.47. The largest absolute Gasteiger partial charge is 0.380 e. The van der Waals surface area contributed by atoms with Crippen LogP contribution in [0.15, 0.2) is 45.8 Å². The summed E-state index contributed by atoms with van der Waals surface area (Å²) in [6, 6.07) is 7.92. The lowest BCUT2D eigenvalue weighted by Gasteiger charge is -2.50. The fourth-order valence-corrected chi connectivity index (χ4v) is 5.17. The van der Waals surface area contributed by atoms with Crippen LogP contribution < -0.4 is 21.9 Å². The maximum atomic E-state index is 12.9. The molecule has 1 heterocycles. The number of halogens is 1. The number of nitrogens with two attached hydrogens (primary N) is 1. The van der Waals surface area contributed by atoms with Gasteiger partial charge in [-0.25, -0.2) is 4.68 Å². The van der Waals surface area contributed by atoms with Crippen LogP contribution in [0.3, 0.4) is 0 Å². The summed E-state index contributed by atoms with van der Waals surface area (Å²) in [5.74, 6) is 0.215. The maximum Gasteiger partial charge on any atom is 0.283 e. The maximum absolute atomic E-state index is 12.9. The molecule has 0 bridgehead atoms. The van der Waals surface area contributed by atoms with E-state index in [4.69, 9.17) is 5.73 Å². The van der Waals surface area contributed by atoms with E-state index in [1.54, 1.807) is 36.5 Å². The summed E-state index contributed by atoms with van der Waals surface area (Å²) in [6.07, 6.45) is 2.55. The minimum atomic E-state index is -0.991. The summed E-state index contributed by atoms with van der Waals surface area (Å²) in [6.45, 7) is 11.1. The highest BCUT2D eigenvalue weighted by molar-refractivity contribution is 9.10. The Hall–Kier alpha value is -2.68. The van der Waals surface area contributed by atoms with Gasteiger partial charge < -0.3 is 16.4 Å². The molecule has 1 aliphatic carbocycles. The number of benzene rings is 1. The smallest absolute Gasteiger partial charge is 0.283 e. The van der Waals surface area contributed by atoms with Crippen molar-refractivity contribution < 1.29 is 9.59 Å². The summed E-state index contributed by atoms with van der Waals surface area (Å²) in [7, 11) is 0. The van der Waals surface area contributed by atoms with Crippen molar-refractivity contribution in [3.8, 4) is 0 Å². The molecule has 184 valence electrons. The fourth-order valence-electron chi connectivity index (χ4n) is 4.75. The number of carbonyl (C=O) groups excluding carboxylic acids is 2. The van der Waals surface area contributed by atoms with Gasteiger partial charge in [0.2, 0.25) is 11.8 Å². The van der Waals surface area contributed by atoms with Crippen LogP contribution in [0.25, 0.3) is 0 Å². The van der Waals surface area contributed by atoms with Crippen LogP contribution in [0.2, 0.25) is 0 Å². The van der Waals surface area contributed by atoms with Gasteiger partial charge in [0.05, 0.1) is 11.9 Å². The Balaban J connectivity index is 1.73. The summed E-state index contributed by atoms with van der Waals surface area (Å²) in [4.78, 5) is 37.4. The predicted molar refractivity (Wildman–Crippen MR) is 136 cm³/mol. The van der Waals surface area contributed by atoms with Crippen molar-refractivity contribution in [2.24, 2.45) is 28.9 Å². The molecular weight excluding hydrogens is 498 g/mol. The number of aromatic nitrogens is 2. The molecule has 1 aliphatic rings. The Morgan fingerprint density at radius 1 is 1.24 bits per heavy atom. The van der Waals surface area contributed by atoms with Gasteiger partial charge in [0.15, 0.2) is 0 Å². The van der Waals surface area contributed by atoms with Crippen molar-refractivity contribution in [3.05, 3.63) is 56.9 Å². The van der Waals surface area contributed by atoms with Crippen LogP contribution in [0.4, 0.5) is 5.69 Å². The van der Waals surface area contributed by atoms with E-state index in [1.807, 2.05) is 0 Å². The molecule has 9 heteroatoms. The van der Waals surface area contributed by atoms with Gasteiger partial charge in [-0.1, -0.05) is 65.0 Å². The Morgan fingerprint density at radius 2 is 1.88 bits per heavy atom. The van der Waals surface area contributed by atoms with E-state index in [1.165, 1.54) is 0 Å². The van der Waals surface area contributed by atoms with Gasteiger partial charge >= 0.3 is 0 Å². The zero-order valence-electron chi connectivity index (χ0n) is 20.3. The van der Waals surface area contributed by atoms with Crippen molar-refractivity contribution in [1.29, 1.82) is 0 Å². The SMILES string of the molecule is C[C@@H]1[C@@H](C)C(C)(C)[C@@H](C)C[C@H]1Nc1cnn(CC(=O)NC(C(N)=O)c2ccccc2)c(=O)c1Br. The van der Waals surface area contributed by atoms with Gasteiger partial charge in [0.25, 0.3) is 5.56 Å². The quantitative estimate of drug-likeness (QED) is 0.505. The number of hydrogen-bond acceptors (Lipinski definition) is 5. The molecule has 1 aromatic heterocycles. The van der Waals surface area contributed by atoms with E-state index in [0.717, 1.165) is 11.1 Å². The Kier molecular flexibility index (Phi) is 7.85. The lowest BCUT2D eigenvalue weighted by atomic mass is 9.58. The van der Waals surface area contributed by atoms with Crippen molar-refractivity contribution >= 4 is 33.4 Å². The lowest BCUT2D eigenvalue weighted by molar-refractivity contribution is -0.128. The van der Waals surface area contributed by atoms with Crippen LogP contribution >= 0.6 is 15.9 Å². The average Bonchev–Trinajstić information content (AvgIpc) is 2.80. The first-order chi connectivity index (χ1) is 15.9. The number of nitrogens with zero attached hydrogens (tertiary/aromatic N) is 2. The van der Waals surface area contributed by atoms with E-state index in [2.05, 4.69) is 66.3 Å². The lowest BCUT2D eigenvalue weighted by Crippen LogP contribution is -2.48. The molecule has 5 atom stereocenters. The third-order valence-corrected chi connectivity index (χ3v) is 8.58. The monoisotopic (exact) mass is 531 g/mol. The molecule has 1 unspecified atom stereocenters. The Bertz CT molecular complexity index is 1100. The van der Waals surface area contributed by atoms with Crippen molar-refractivity contribution in [3.63, 3.8) is 0 Å². The number of rotatable bonds is 7. The highest BCUT2D eigenvalue weighted by atomic mass is 79.9. The minimum Gasteiger partial charge on any atom is -0.380 e. The van der Waals surface area contributed by atoms with Crippen molar-refractivity contribution in [2.45, 2.75) is 59.7 Å². The van der Waals surface area contributed by atoms with Gasteiger partial charge in [-0.15, -0.1) is 0 Å². The van der Waals surface area contributed by atoms with Crippen LogP contribution in [0, 0.1) is 23.2 Å². The highest BCUT2D eigenvalue weighted by Gasteiger charge is 2.43. The molecule has 4 N–H and O–H groups in total. The number of amides is 2. The molecule has 2 aromatic rings. The van der Waals surface area contributed by atoms with E-state index in [-0.39, 0.29) is 18.0 Å². The molecule has 1 fully saturated rings. The summed E-state index contributed by atoms with van der Waals surface area (Å²) >= 11 is 3.39. The summed E-state index contributed by atoms with van der Waals surface area (Å²) in [5, 5.41) is 10.3. The first-order valence-corrected chi connectivity index (χ1v) is 12.4. The topological polar surface area (TPSA) is 119 Å². The first-order valence-electron chi connectivity index (χ1n) is 11.6. The molecule has 0 spiro atoms. The van der Waals surface area contributed by atoms with Gasteiger partial charge in [-0.3, -0.25) is 14.4 Å². The molecule has 34 heavy (non-hydrogen) atoms. The second-order valence-corrected chi connectivity index (χ2v) is 10.8. The van der Waals surface area contributed by atoms with Crippen LogP contribution in [-0.4, -0.2) is 27.6 Å². The molecular formula is C25H34BrN5O3. The fraction of sp³-hybridized carbons (Fsp3) is 0.520. The van der Waals surface area contributed by atoms with E-state index in [9.17, 15) is 14.4 Å². The number of hydrogen-bond donors (Lipinski definition) is 3. The van der Waals surface area contributed by atoms with Crippen molar-refractivity contribution in [1.82, 2.24) is 15.1 Å². The highest BCUT2D eigenvalue weighted by Crippen LogP contribution is 2.48. The molecule has 0 saturated heterocycles. The summed E-state index contributed by atoms with van der Waals surface area (Å²) < 4.78 is 1.38. The molecule has 3 rings (SSSR count). The molecule has 1 aromatic carbocycles. The molecule has 0 aliphatic heterocycles. The number of nitrogens with one attached hydrogen (secondary N) is 2. The average molecular weight is 532 g/mol. The molecule has 0 radical (unpaired) electrons. The van der Waals surface area contributed by atoms with Crippen LogP contribution in [0.5, 0.6) is 0 Å². The second kappa shape index (κ2) is 10.3. The Labute approximate surface area is 208 Å². The van der Waals surface area contributed by atoms with Gasteiger partial charge in [0, 0.05) is 6.04 Å². The van der Waals surface area contributed by atoms with Gasteiger partial charge in [-0.2, -0.15) is 5.10 Å². The number of anilines is 1. The molecule has 2 amide bonds. The number of primary amides is 1. The minimum absolute atomic E-state index is 0.205. The van der Waals surface area contributed by atoms with E-state index in [0.29, 0.717) is 33.5 Å². The third-order valence-electron chi connectivity index (χ3n) is 7.82. The number of carbonyl (C=O) groups is 2. The normalized spacial score (nSPS) is 24.8. The van der Waals surface area contributed by atoms with Crippen LogP contribution in [0.1, 0.15) is 52.6 Å². The van der Waals surface area contributed by atoms with Gasteiger partial charge in [-0.05, 0) is 51.1 Å². The van der Waals surface area contributed by atoms with Crippen molar-refractivity contribution in [2.75, 3.05) is 5.32 Å². The molecule has 1 saturated carbocycles. The second-order valence-electron chi connectivity index (χ2n) is 10.0. The zero-order chi connectivity index (χ0) is 25.2. The summed E-state index contributed by atoms with van der Waals surface area (Å²) in [5.41, 5.74) is 6.45. The van der Waals surface area contributed by atoms with Crippen LogP contribution in [-0.2, 0) is 16.1 Å². The zero-order valence-corrected chi connectivity index (χ0v) is 21.9. The standard InChI is InChI=1S/C25H34BrN5O3/c1-14-11-18(15(2)16(3)25(14,4)5)29-19-12-28-31(24(34)21(19)26)13-20(32)30-22(23(27)33)17-9-7-6-8-10-17/h6-10,12,14-16,18,22,29H,11,13H2,1-5H3,(H2,27,33)(H,30,32)/t14-,15+,16+,18+,22?/m0/s1. The van der Waals surface area contributed by atoms with Gasteiger partial charge in [0.1, 0.15) is 17.1 Å².